The second kappa shape index (κ2) is 5.66. The Kier molecular flexibility index (Phi) is 5.30. The van der Waals surface area contributed by atoms with Crippen LogP contribution >= 0.6 is 0 Å². The van der Waals surface area contributed by atoms with Gasteiger partial charge in [-0.3, -0.25) is 0 Å². The van der Waals surface area contributed by atoms with Crippen molar-refractivity contribution in [3.63, 3.8) is 0 Å². The van der Waals surface area contributed by atoms with Gasteiger partial charge in [0.1, 0.15) is 0 Å². The molecule has 0 saturated carbocycles. The lowest BCUT2D eigenvalue weighted by molar-refractivity contribution is -0.202. The first-order valence-electron chi connectivity index (χ1n) is 4.95. The number of hydrogen-bond donors (Lipinski definition) is 1. The Bertz CT molecular complexity index is 270. The van der Waals surface area contributed by atoms with Gasteiger partial charge in [0, 0.05) is 5.41 Å². The fraction of sp³-hybridized carbons (Fsp3) is 0.889. The van der Waals surface area contributed by atoms with Crippen LogP contribution in [0.25, 0.3) is 0 Å². The lowest BCUT2D eigenvalue weighted by Crippen LogP contribution is -2.38. The van der Waals surface area contributed by atoms with E-state index in [0.717, 1.165) is 0 Å². The van der Waals surface area contributed by atoms with E-state index in [2.05, 4.69) is 10.5 Å². The Balaban J connectivity index is 5.00. The van der Waals surface area contributed by atoms with Crippen molar-refractivity contribution in [1.29, 1.82) is 0 Å². The number of alkyl halides is 6. The number of nitrogens with two attached hydrogens (primary N) is 1. The van der Waals surface area contributed by atoms with Crippen molar-refractivity contribution < 1.29 is 35.9 Å². The van der Waals surface area contributed by atoms with Gasteiger partial charge in [-0.1, -0.05) is 6.92 Å². The molecule has 3 nitrogen and oxygen atoms in total. The molecule has 2 N–H and O–H groups in total. The van der Waals surface area contributed by atoms with Gasteiger partial charge in [0.05, 0.1) is 19.4 Å². The highest BCUT2D eigenvalue weighted by atomic mass is 19.4. The second-order valence-corrected chi connectivity index (χ2v) is 4.05. The zero-order valence-electron chi connectivity index (χ0n) is 9.49. The summed E-state index contributed by atoms with van der Waals surface area (Å²) >= 11 is 0. The minimum atomic E-state index is -4.79. The van der Waals surface area contributed by atoms with Crippen molar-refractivity contribution in [2.24, 2.45) is 11.1 Å². The molecule has 0 aromatic carbocycles. The smallest absolute Gasteiger partial charge is 0.404 e. The summed E-state index contributed by atoms with van der Waals surface area (Å²) in [6, 6.07) is 0. The fourth-order valence-corrected chi connectivity index (χ4v) is 1.59. The third kappa shape index (κ3) is 7.23. The van der Waals surface area contributed by atoms with Gasteiger partial charge in [-0.25, -0.2) is 4.79 Å². The molecule has 0 aromatic heterocycles. The number of primary amides is 1. The van der Waals surface area contributed by atoms with Gasteiger partial charge in [0.15, 0.2) is 0 Å². The molecule has 0 bridgehead atoms. The molecule has 18 heavy (non-hydrogen) atoms. The van der Waals surface area contributed by atoms with Gasteiger partial charge in [-0.05, 0) is 6.42 Å². The van der Waals surface area contributed by atoms with Crippen LogP contribution in [0.1, 0.15) is 26.2 Å². The Labute approximate surface area is 99.3 Å². The molecule has 0 aliphatic rings. The summed E-state index contributed by atoms with van der Waals surface area (Å²) in [5, 5.41) is 0. The molecule has 0 aromatic rings. The number of amides is 1. The third-order valence-electron chi connectivity index (χ3n) is 2.42. The van der Waals surface area contributed by atoms with Crippen LogP contribution in [0.2, 0.25) is 0 Å². The zero-order chi connectivity index (χ0) is 14.6. The SMILES string of the molecule is CCC(COC(N)=O)(CC(F)(F)F)CC(F)(F)F. The van der Waals surface area contributed by atoms with E-state index < -0.39 is 49.7 Å². The molecule has 0 spiro atoms. The van der Waals surface area contributed by atoms with Crippen molar-refractivity contribution in [2.75, 3.05) is 6.61 Å². The first-order valence-corrected chi connectivity index (χ1v) is 4.95. The van der Waals surface area contributed by atoms with Gasteiger partial charge >= 0.3 is 18.4 Å². The molecule has 9 heteroatoms. The van der Waals surface area contributed by atoms with Crippen LogP contribution in [0.15, 0.2) is 0 Å². The molecular weight excluding hydrogens is 268 g/mol. The summed E-state index contributed by atoms with van der Waals surface area (Å²) in [5.41, 5.74) is 2.33. The topological polar surface area (TPSA) is 52.3 Å². The highest BCUT2D eigenvalue weighted by Crippen LogP contribution is 2.44. The molecule has 0 fully saturated rings. The number of rotatable bonds is 5. The van der Waals surface area contributed by atoms with E-state index in [1.807, 2.05) is 0 Å². The summed E-state index contributed by atoms with van der Waals surface area (Å²) in [5.74, 6) is 0. The minimum Gasteiger partial charge on any atom is -0.449 e. The average molecular weight is 281 g/mol. The highest BCUT2D eigenvalue weighted by molar-refractivity contribution is 5.64. The number of hydrogen-bond acceptors (Lipinski definition) is 2. The summed E-state index contributed by atoms with van der Waals surface area (Å²) in [6.45, 7) is 0.152. The maximum absolute atomic E-state index is 12.3. The maximum atomic E-state index is 12.3. The molecule has 0 atom stereocenters. The van der Waals surface area contributed by atoms with Gasteiger partial charge in [-0.15, -0.1) is 0 Å². The number of halogens is 6. The van der Waals surface area contributed by atoms with Crippen LogP contribution in [-0.2, 0) is 4.74 Å². The second-order valence-electron chi connectivity index (χ2n) is 4.05. The van der Waals surface area contributed by atoms with Crippen LogP contribution in [0.4, 0.5) is 31.1 Å². The van der Waals surface area contributed by atoms with E-state index in [1.54, 1.807) is 0 Å². The molecule has 0 unspecified atom stereocenters. The molecule has 1 amide bonds. The molecule has 0 aliphatic heterocycles. The lowest BCUT2D eigenvalue weighted by Gasteiger charge is -2.33. The third-order valence-corrected chi connectivity index (χ3v) is 2.42. The van der Waals surface area contributed by atoms with E-state index in [-0.39, 0.29) is 0 Å². The van der Waals surface area contributed by atoms with E-state index >= 15 is 0 Å². The molecule has 0 rings (SSSR count). The van der Waals surface area contributed by atoms with Crippen molar-refractivity contribution in [3.8, 4) is 0 Å². The summed E-state index contributed by atoms with van der Waals surface area (Å²) in [6.07, 6.45) is -14.8. The first kappa shape index (κ1) is 16.9. The average Bonchev–Trinajstić information content (AvgIpc) is 2.09. The summed E-state index contributed by atoms with van der Waals surface area (Å²) in [4.78, 5) is 10.3. The Morgan fingerprint density at radius 1 is 1.06 bits per heavy atom. The minimum absolute atomic E-state index is 0.445. The molecule has 0 saturated heterocycles. The zero-order valence-corrected chi connectivity index (χ0v) is 9.49. The first-order chi connectivity index (χ1) is 7.89. The molecule has 0 heterocycles. The Morgan fingerprint density at radius 2 is 1.44 bits per heavy atom. The molecular formula is C9H13F6NO2. The van der Waals surface area contributed by atoms with Crippen molar-refractivity contribution in [1.82, 2.24) is 0 Å². The molecule has 108 valence electrons. The van der Waals surface area contributed by atoms with Crippen LogP contribution < -0.4 is 5.73 Å². The Morgan fingerprint density at radius 3 is 1.67 bits per heavy atom. The summed E-state index contributed by atoms with van der Waals surface area (Å²) in [7, 11) is 0. The van der Waals surface area contributed by atoms with Crippen LogP contribution in [0, 0.1) is 5.41 Å². The van der Waals surface area contributed by atoms with Gasteiger partial charge in [0.2, 0.25) is 0 Å². The van der Waals surface area contributed by atoms with Gasteiger partial charge in [-0.2, -0.15) is 26.3 Å². The number of carbonyl (C=O) groups excluding carboxylic acids is 1. The predicted octanol–water partition coefficient (Wildman–Crippen LogP) is 3.38. The largest absolute Gasteiger partial charge is 0.449 e. The van der Waals surface area contributed by atoms with Gasteiger partial charge in [0.25, 0.3) is 0 Å². The van der Waals surface area contributed by atoms with Crippen LogP contribution in [0.3, 0.4) is 0 Å². The van der Waals surface area contributed by atoms with E-state index in [1.165, 1.54) is 6.92 Å². The highest BCUT2D eigenvalue weighted by Gasteiger charge is 2.48. The lowest BCUT2D eigenvalue weighted by atomic mass is 9.79. The van der Waals surface area contributed by atoms with Gasteiger partial charge < -0.3 is 10.5 Å². The quantitative estimate of drug-likeness (QED) is 0.785. The van der Waals surface area contributed by atoms with Crippen molar-refractivity contribution in [2.45, 2.75) is 38.5 Å². The van der Waals surface area contributed by atoms with E-state index in [0.29, 0.717) is 0 Å². The number of carbonyl (C=O) groups is 1. The molecule has 0 aliphatic carbocycles. The monoisotopic (exact) mass is 281 g/mol. The standard InChI is InChI=1S/C9H13F6NO2/c1-2-7(3-8(10,11)12,4-9(13,14)15)5-18-6(16)17/h2-5H2,1H3,(H2,16,17). The van der Waals surface area contributed by atoms with Crippen LogP contribution in [0.5, 0.6) is 0 Å². The van der Waals surface area contributed by atoms with Crippen molar-refractivity contribution >= 4 is 6.09 Å². The van der Waals surface area contributed by atoms with E-state index in [4.69, 9.17) is 0 Å². The van der Waals surface area contributed by atoms with Crippen LogP contribution in [-0.4, -0.2) is 25.1 Å². The Hall–Kier alpha value is -1.15. The summed E-state index contributed by atoms with van der Waals surface area (Å²) < 4.78 is 77.9. The fourth-order valence-electron chi connectivity index (χ4n) is 1.59. The molecule has 0 radical (unpaired) electrons. The van der Waals surface area contributed by atoms with E-state index in [9.17, 15) is 31.1 Å². The maximum Gasteiger partial charge on any atom is 0.404 e. The van der Waals surface area contributed by atoms with Crippen molar-refractivity contribution in [3.05, 3.63) is 0 Å². The predicted molar refractivity (Wildman–Crippen MR) is 49.6 cm³/mol. The normalized spacial score (nSPS) is 13.5. The number of ether oxygens (including phenoxy) is 1.